The lowest BCUT2D eigenvalue weighted by molar-refractivity contribution is 0.305. The van der Waals surface area contributed by atoms with Crippen molar-refractivity contribution in [2.75, 3.05) is 5.43 Å². The molecule has 4 rings (SSSR count). The Balaban J connectivity index is 1.43. The van der Waals surface area contributed by atoms with Gasteiger partial charge in [0.2, 0.25) is 0 Å². The first-order chi connectivity index (χ1) is 13.8. The average molecular weight is 431 g/mol. The molecule has 28 heavy (non-hydrogen) atoms. The number of hydrogen-bond acceptors (Lipinski definition) is 3. The van der Waals surface area contributed by atoms with E-state index in [-0.39, 0.29) is 0 Å². The smallest absolute Gasteiger partial charge is 0.134 e. The van der Waals surface area contributed by atoms with Crippen molar-refractivity contribution < 1.29 is 4.74 Å². The largest absolute Gasteiger partial charge is 0.488 e. The Morgan fingerprint density at radius 3 is 2.50 bits per heavy atom. The van der Waals surface area contributed by atoms with Gasteiger partial charge in [-0.2, -0.15) is 5.10 Å². The molecule has 0 bridgehead atoms. The van der Waals surface area contributed by atoms with Gasteiger partial charge < -0.3 is 4.74 Å². The highest BCUT2D eigenvalue weighted by atomic mass is 79.9. The van der Waals surface area contributed by atoms with Crippen LogP contribution < -0.4 is 10.2 Å². The second-order valence-corrected chi connectivity index (χ2v) is 7.21. The number of para-hydroxylation sites is 1. The Morgan fingerprint density at radius 2 is 1.64 bits per heavy atom. The Kier molecular flexibility index (Phi) is 5.69. The summed E-state index contributed by atoms with van der Waals surface area (Å²) in [7, 11) is 0. The summed E-state index contributed by atoms with van der Waals surface area (Å²) in [5.41, 5.74) is 6.11. The summed E-state index contributed by atoms with van der Waals surface area (Å²) in [5.74, 6) is 0.807. The summed E-state index contributed by atoms with van der Waals surface area (Å²) in [6.45, 7) is 0.517. The molecule has 0 saturated carbocycles. The molecule has 0 amide bonds. The van der Waals surface area contributed by atoms with Crippen molar-refractivity contribution in [1.82, 2.24) is 0 Å². The van der Waals surface area contributed by atoms with Crippen molar-refractivity contribution in [3.63, 3.8) is 0 Å². The van der Waals surface area contributed by atoms with Crippen LogP contribution in [-0.4, -0.2) is 6.21 Å². The quantitative estimate of drug-likeness (QED) is 0.275. The van der Waals surface area contributed by atoms with E-state index in [4.69, 9.17) is 4.74 Å². The third kappa shape index (κ3) is 4.41. The molecule has 0 aliphatic heterocycles. The Bertz CT molecular complexity index is 1100. The molecule has 0 fully saturated rings. The lowest BCUT2D eigenvalue weighted by Crippen LogP contribution is -1.98. The first kappa shape index (κ1) is 18.3. The monoisotopic (exact) mass is 430 g/mol. The third-order valence-electron chi connectivity index (χ3n) is 4.40. The van der Waals surface area contributed by atoms with Crippen LogP contribution >= 0.6 is 15.9 Å². The average Bonchev–Trinajstić information content (AvgIpc) is 2.74. The minimum absolute atomic E-state index is 0.517. The van der Waals surface area contributed by atoms with Crippen molar-refractivity contribution in [1.29, 1.82) is 0 Å². The van der Waals surface area contributed by atoms with Gasteiger partial charge in [-0.3, -0.25) is 5.43 Å². The highest BCUT2D eigenvalue weighted by Crippen LogP contribution is 2.27. The molecule has 0 atom stereocenters. The van der Waals surface area contributed by atoms with Gasteiger partial charge in [0, 0.05) is 0 Å². The molecule has 4 heteroatoms. The maximum atomic E-state index is 6.05. The van der Waals surface area contributed by atoms with Gasteiger partial charge in [-0.25, -0.2) is 0 Å². The Labute approximate surface area is 172 Å². The Morgan fingerprint density at radius 1 is 0.857 bits per heavy atom. The Hall–Kier alpha value is -3.11. The van der Waals surface area contributed by atoms with Gasteiger partial charge in [0.15, 0.2) is 0 Å². The summed E-state index contributed by atoms with van der Waals surface area (Å²) in [6, 6.07) is 30.4. The van der Waals surface area contributed by atoms with Crippen molar-refractivity contribution in [3.05, 3.63) is 107 Å². The zero-order valence-corrected chi connectivity index (χ0v) is 16.8. The van der Waals surface area contributed by atoms with Gasteiger partial charge in [0.05, 0.1) is 16.4 Å². The summed E-state index contributed by atoms with van der Waals surface area (Å²) in [6.07, 6.45) is 1.78. The van der Waals surface area contributed by atoms with Gasteiger partial charge in [-0.1, -0.05) is 60.7 Å². The highest BCUT2D eigenvalue weighted by Gasteiger charge is 2.05. The summed E-state index contributed by atoms with van der Waals surface area (Å²) in [4.78, 5) is 0. The van der Waals surface area contributed by atoms with E-state index in [0.29, 0.717) is 6.61 Å². The van der Waals surface area contributed by atoms with E-state index in [1.54, 1.807) is 6.21 Å². The molecule has 3 nitrogen and oxygen atoms in total. The zero-order chi connectivity index (χ0) is 19.2. The van der Waals surface area contributed by atoms with Crippen LogP contribution in [0.2, 0.25) is 0 Å². The molecule has 1 N–H and O–H groups in total. The highest BCUT2D eigenvalue weighted by molar-refractivity contribution is 9.10. The van der Waals surface area contributed by atoms with Gasteiger partial charge in [-0.05, 0) is 68.2 Å². The molecule has 138 valence electrons. The van der Waals surface area contributed by atoms with Crippen LogP contribution in [0.4, 0.5) is 5.69 Å². The lowest BCUT2D eigenvalue weighted by atomic mass is 10.1. The molecule has 0 aromatic heterocycles. The number of nitrogens with zero attached hydrogens (tertiary/aromatic N) is 1. The van der Waals surface area contributed by atoms with E-state index in [9.17, 15) is 0 Å². The predicted molar refractivity (Wildman–Crippen MR) is 120 cm³/mol. The number of ether oxygens (including phenoxy) is 1. The molecule has 0 aliphatic rings. The minimum Gasteiger partial charge on any atom is -0.488 e. The summed E-state index contributed by atoms with van der Waals surface area (Å²) >= 11 is 3.60. The maximum Gasteiger partial charge on any atom is 0.134 e. The van der Waals surface area contributed by atoms with Crippen LogP contribution in [-0.2, 0) is 6.61 Å². The van der Waals surface area contributed by atoms with E-state index >= 15 is 0 Å². The van der Waals surface area contributed by atoms with Crippen molar-refractivity contribution >= 4 is 38.6 Å². The van der Waals surface area contributed by atoms with Gasteiger partial charge in [-0.15, -0.1) is 0 Å². The van der Waals surface area contributed by atoms with E-state index in [0.717, 1.165) is 21.5 Å². The second kappa shape index (κ2) is 8.72. The third-order valence-corrected chi connectivity index (χ3v) is 5.02. The molecule has 0 spiro atoms. The van der Waals surface area contributed by atoms with Crippen molar-refractivity contribution in [3.8, 4) is 5.75 Å². The number of hydrogen-bond donors (Lipinski definition) is 1. The minimum atomic E-state index is 0.517. The molecular formula is C24H19BrN2O. The second-order valence-electron chi connectivity index (χ2n) is 6.35. The number of nitrogens with one attached hydrogen (secondary N) is 1. The first-order valence-electron chi connectivity index (χ1n) is 9.03. The van der Waals surface area contributed by atoms with Gasteiger partial charge in [0.1, 0.15) is 12.4 Å². The standard InChI is InChI=1S/C24H19BrN2O/c25-23-15-18(16-26-27-21-10-2-1-3-11-21)13-14-24(23)28-17-20-9-6-8-19-7-4-5-12-22(19)20/h1-16,27H,17H2/b26-16-. The molecule has 0 unspecified atom stereocenters. The normalized spacial score (nSPS) is 11.0. The lowest BCUT2D eigenvalue weighted by Gasteiger charge is -2.11. The number of anilines is 1. The summed E-state index contributed by atoms with van der Waals surface area (Å²) in [5, 5.41) is 6.72. The van der Waals surface area contributed by atoms with E-state index in [2.05, 4.69) is 68.9 Å². The number of rotatable bonds is 6. The fourth-order valence-corrected chi connectivity index (χ4v) is 3.49. The fourth-order valence-electron chi connectivity index (χ4n) is 2.98. The number of benzene rings is 4. The molecule has 4 aromatic rings. The predicted octanol–water partition coefficient (Wildman–Crippen LogP) is 6.63. The molecular weight excluding hydrogens is 412 g/mol. The maximum absolute atomic E-state index is 6.05. The van der Waals surface area contributed by atoms with Crippen LogP contribution in [0.5, 0.6) is 5.75 Å². The molecule has 0 radical (unpaired) electrons. The molecule has 0 heterocycles. The fraction of sp³-hybridized carbons (Fsp3) is 0.0417. The number of hydrazone groups is 1. The summed E-state index contributed by atoms with van der Waals surface area (Å²) < 4.78 is 6.95. The zero-order valence-electron chi connectivity index (χ0n) is 15.2. The van der Waals surface area contributed by atoms with E-state index in [1.807, 2.05) is 48.5 Å². The number of fused-ring (bicyclic) bond motifs is 1. The van der Waals surface area contributed by atoms with Crippen molar-refractivity contribution in [2.45, 2.75) is 6.61 Å². The molecule has 0 aliphatic carbocycles. The van der Waals surface area contributed by atoms with E-state index < -0.39 is 0 Å². The van der Waals surface area contributed by atoms with Gasteiger partial charge in [0.25, 0.3) is 0 Å². The molecule has 4 aromatic carbocycles. The van der Waals surface area contributed by atoms with Crippen LogP contribution in [0, 0.1) is 0 Å². The van der Waals surface area contributed by atoms with Crippen LogP contribution in [0.1, 0.15) is 11.1 Å². The van der Waals surface area contributed by atoms with E-state index in [1.165, 1.54) is 16.3 Å². The van der Waals surface area contributed by atoms with Crippen LogP contribution in [0.3, 0.4) is 0 Å². The van der Waals surface area contributed by atoms with Crippen molar-refractivity contribution in [2.24, 2.45) is 5.10 Å². The van der Waals surface area contributed by atoms with Gasteiger partial charge >= 0.3 is 0 Å². The van der Waals surface area contributed by atoms with Crippen LogP contribution in [0.25, 0.3) is 10.8 Å². The first-order valence-corrected chi connectivity index (χ1v) is 9.82. The van der Waals surface area contributed by atoms with Crippen LogP contribution in [0.15, 0.2) is 101 Å². The SMILES string of the molecule is Brc1cc(/C=N\Nc2ccccc2)ccc1OCc1cccc2ccccc12. The molecule has 0 saturated heterocycles. The number of halogens is 1. The topological polar surface area (TPSA) is 33.6 Å².